The Morgan fingerprint density at radius 3 is 2.17 bits per heavy atom. The van der Waals surface area contributed by atoms with Crippen LogP contribution in [0, 0.1) is 0 Å². The van der Waals surface area contributed by atoms with Gasteiger partial charge in [0, 0.05) is 27.8 Å². The molecule has 4 nitrogen and oxygen atoms in total. The van der Waals surface area contributed by atoms with Gasteiger partial charge in [0.05, 0.1) is 16.0 Å². The molecule has 0 aliphatic rings. The fourth-order valence-electron chi connectivity index (χ4n) is 0.926. The molecule has 0 bridgehead atoms. The minimum absolute atomic E-state index is 0.155. The average Bonchev–Trinajstić information content (AvgIpc) is 2.14. The molecule has 0 heterocycles. The number of hydrogen-bond donors (Lipinski definition) is 1. The van der Waals surface area contributed by atoms with Crippen LogP contribution in [0.5, 0.6) is 0 Å². The molecule has 0 fully saturated rings. The maximum Gasteiger partial charge on any atom is 0.143 e. The SMILES string of the molecule is COC(CC([SiH3])(OC)OC)[SiH2]N. The molecule has 74 valence electrons. The zero-order chi connectivity index (χ0) is 9.61. The van der Waals surface area contributed by atoms with Crippen molar-refractivity contribution in [2.75, 3.05) is 21.3 Å². The summed E-state index contributed by atoms with van der Waals surface area (Å²) >= 11 is 0. The third kappa shape index (κ3) is 3.79. The molecule has 0 saturated heterocycles. The van der Waals surface area contributed by atoms with Gasteiger partial charge in [-0.3, -0.25) is 0 Å². The van der Waals surface area contributed by atoms with Gasteiger partial charge in [0.15, 0.2) is 0 Å². The van der Waals surface area contributed by atoms with E-state index in [1.807, 2.05) is 0 Å². The van der Waals surface area contributed by atoms with E-state index in [2.05, 4.69) is 0 Å². The largest absolute Gasteiger partial charge is 0.384 e. The first-order valence-corrected chi connectivity index (χ1v) is 6.58. The van der Waals surface area contributed by atoms with Crippen molar-refractivity contribution in [2.45, 2.75) is 17.6 Å². The zero-order valence-electron chi connectivity index (χ0n) is 8.29. The van der Waals surface area contributed by atoms with Crippen molar-refractivity contribution < 1.29 is 14.2 Å². The van der Waals surface area contributed by atoms with Gasteiger partial charge in [0.1, 0.15) is 15.1 Å². The van der Waals surface area contributed by atoms with Crippen LogP contribution in [-0.4, -0.2) is 52.4 Å². The van der Waals surface area contributed by atoms with Crippen molar-refractivity contribution in [1.29, 1.82) is 0 Å². The van der Waals surface area contributed by atoms with Gasteiger partial charge >= 0.3 is 0 Å². The van der Waals surface area contributed by atoms with Crippen LogP contribution in [0.1, 0.15) is 6.42 Å². The Morgan fingerprint density at radius 1 is 1.42 bits per heavy atom. The van der Waals surface area contributed by atoms with Gasteiger partial charge in [0.2, 0.25) is 0 Å². The predicted molar refractivity (Wildman–Crippen MR) is 54.8 cm³/mol. The normalized spacial score (nSPS) is 16.0. The molecule has 0 spiro atoms. The van der Waals surface area contributed by atoms with Crippen molar-refractivity contribution in [3.8, 4) is 0 Å². The summed E-state index contributed by atoms with van der Waals surface area (Å²) in [6.07, 6.45) is 0.755. The molecule has 6 heteroatoms. The summed E-state index contributed by atoms with van der Waals surface area (Å²) in [5.41, 5.74) is -0.269. The minimum atomic E-state index is -0.631. The third-order valence-corrected chi connectivity index (χ3v) is 4.43. The van der Waals surface area contributed by atoms with E-state index in [0.717, 1.165) is 16.7 Å². The second kappa shape index (κ2) is 5.84. The lowest BCUT2D eigenvalue weighted by Gasteiger charge is -2.29. The molecule has 0 aromatic carbocycles. The monoisotopic (exact) mass is 209 g/mol. The van der Waals surface area contributed by atoms with Crippen molar-refractivity contribution >= 4 is 19.9 Å². The summed E-state index contributed by atoms with van der Waals surface area (Å²) < 4.78 is 15.7. The molecule has 2 N–H and O–H groups in total. The molecule has 0 saturated carbocycles. The molecule has 0 aliphatic carbocycles. The van der Waals surface area contributed by atoms with E-state index in [9.17, 15) is 0 Å². The molecule has 0 amide bonds. The number of methoxy groups -OCH3 is 3. The highest BCUT2D eigenvalue weighted by Crippen LogP contribution is 2.14. The van der Waals surface area contributed by atoms with E-state index in [1.165, 1.54) is 0 Å². The molecule has 0 aromatic rings. The Kier molecular flexibility index (Phi) is 5.97. The van der Waals surface area contributed by atoms with Crippen LogP contribution in [-0.2, 0) is 14.2 Å². The van der Waals surface area contributed by atoms with Crippen LogP contribution in [0.15, 0.2) is 0 Å². The second-order valence-electron chi connectivity index (χ2n) is 2.84. The van der Waals surface area contributed by atoms with Crippen LogP contribution in [0.25, 0.3) is 0 Å². The molecular weight excluding hydrogens is 190 g/mol. The van der Waals surface area contributed by atoms with E-state index in [0.29, 0.717) is 0 Å². The van der Waals surface area contributed by atoms with Crippen molar-refractivity contribution in [3.05, 3.63) is 0 Å². The van der Waals surface area contributed by atoms with Crippen LogP contribution < -0.4 is 5.40 Å². The molecule has 0 aromatic heterocycles. The smallest absolute Gasteiger partial charge is 0.143 e. The summed E-state index contributed by atoms with van der Waals surface area (Å²) in [5, 5.41) is 5.62. The van der Waals surface area contributed by atoms with E-state index in [1.54, 1.807) is 21.3 Å². The first-order chi connectivity index (χ1) is 5.61. The van der Waals surface area contributed by atoms with Crippen LogP contribution in [0.3, 0.4) is 0 Å². The van der Waals surface area contributed by atoms with Crippen LogP contribution >= 0.6 is 0 Å². The first kappa shape index (κ1) is 12.3. The summed E-state index contributed by atoms with van der Waals surface area (Å²) in [7, 11) is 5.17. The molecule has 12 heavy (non-hydrogen) atoms. The summed E-state index contributed by atoms with van der Waals surface area (Å²) in [5.74, 6) is 0. The Bertz CT molecular complexity index is 117. The fourth-order valence-corrected chi connectivity index (χ4v) is 2.84. The van der Waals surface area contributed by atoms with Crippen molar-refractivity contribution in [2.24, 2.45) is 5.40 Å². The quantitative estimate of drug-likeness (QED) is 0.395. The maximum absolute atomic E-state index is 5.62. The molecule has 0 rings (SSSR count). The number of rotatable bonds is 6. The van der Waals surface area contributed by atoms with Gasteiger partial charge in [-0.2, -0.15) is 0 Å². The first-order valence-electron chi connectivity index (χ1n) is 3.95. The maximum atomic E-state index is 5.62. The summed E-state index contributed by atoms with van der Waals surface area (Å²) in [6, 6.07) is 0. The Balaban J connectivity index is 3.99. The van der Waals surface area contributed by atoms with Crippen molar-refractivity contribution in [1.82, 2.24) is 0 Å². The molecular formula is C6H19NO3Si2. The molecule has 0 radical (unpaired) electrons. The van der Waals surface area contributed by atoms with E-state index >= 15 is 0 Å². The molecule has 1 unspecified atom stereocenters. The molecule has 0 aliphatic heterocycles. The number of nitrogens with two attached hydrogens (primary N) is 1. The summed E-state index contributed by atoms with van der Waals surface area (Å²) in [4.78, 5) is 0. The highest BCUT2D eigenvalue weighted by molar-refractivity contribution is 6.33. The lowest BCUT2D eigenvalue weighted by Crippen LogP contribution is -2.42. The van der Waals surface area contributed by atoms with Gasteiger partial charge in [0.25, 0.3) is 0 Å². The van der Waals surface area contributed by atoms with Gasteiger partial charge < -0.3 is 19.6 Å². The number of hydrogen-bond acceptors (Lipinski definition) is 4. The van der Waals surface area contributed by atoms with E-state index in [4.69, 9.17) is 19.6 Å². The van der Waals surface area contributed by atoms with Crippen LogP contribution in [0.2, 0.25) is 0 Å². The van der Waals surface area contributed by atoms with Gasteiger partial charge in [-0.15, -0.1) is 0 Å². The van der Waals surface area contributed by atoms with Gasteiger partial charge in [-0.05, 0) is 0 Å². The highest BCUT2D eigenvalue weighted by atomic mass is 28.2. The third-order valence-electron chi connectivity index (χ3n) is 2.06. The summed E-state index contributed by atoms with van der Waals surface area (Å²) in [6.45, 7) is 0. The minimum Gasteiger partial charge on any atom is -0.384 e. The molecule has 1 atom stereocenters. The zero-order valence-corrected chi connectivity index (χ0v) is 11.7. The second-order valence-corrected chi connectivity index (χ2v) is 5.75. The van der Waals surface area contributed by atoms with E-state index < -0.39 is 15.1 Å². The highest BCUT2D eigenvalue weighted by Gasteiger charge is 2.26. The fraction of sp³-hybridized carbons (Fsp3) is 1.00. The number of ether oxygens (including phenoxy) is 3. The predicted octanol–water partition coefficient (Wildman–Crippen LogP) is -2.30. The van der Waals surface area contributed by atoms with Crippen molar-refractivity contribution in [3.63, 3.8) is 0 Å². The van der Waals surface area contributed by atoms with Gasteiger partial charge in [-0.1, -0.05) is 0 Å². The standard InChI is InChI=1S/C6H19NO3Si2/c1-8-5(12-7)4-6(11,9-2)10-3/h5H,4,7,12H2,1-3,11H3. The van der Waals surface area contributed by atoms with Crippen LogP contribution in [0.4, 0.5) is 0 Å². The van der Waals surface area contributed by atoms with Gasteiger partial charge in [-0.25, -0.2) is 0 Å². The lowest BCUT2D eigenvalue weighted by atomic mass is 10.4. The Hall–Kier alpha value is 0.274. The van der Waals surface area contributed by atoms with E-state index in [-0.39, 0.29) is 5.73 Å². The lowest BCUT2D eigenvalue weighted by molar-refractivity contribution is -0.156. The average molecular weight is 209 g/mol. The topological polar surface area (TPSA) is 53.7 Å². The Morgan fingerprint density at radius 2 is 1.92 bits per heavy atom. The Labute approximate surface area is 79.1 Å².